The summed E-state index contributed by atoms with van der Waals surface area (Å²) in [6.45, 7) is -2.98. The molecule has 2 aromatic rings. The number of ether oxygens (including phenoxy) is 1. The van der Waals surface area contributed by atoms with Gasteiger partial charge in [0.15, 0.2) is 0 Å². The van der Waals surface area contributed by atoms with Gasteiger partial charge in [-0.25, -0.2) is 8.78 Å². The summed E-state index contributed by atoms with van der Waals surface area (Å²) in [6, 6.07) is 9.12. The lowest BCUT2D eigenvalue weighted by molar-refractivity contribution is -0.0503. The van der Waals surface area contributed by atoms with Crippen molar-refractivity contribution in [2.24, 2.45) is 0 Å². The highest BCUT2D eigenvalue weighted by molar-refractivity contribution is 9.09. The smallest absolute Gasteiger partial charge is 0.387 e. The van der Waals surface area contributed by atoms with Gasteiger partial charge in [0, 0.05) is 17.2 Å². The van der Waals surface area contributed by atoms with Gasteiger partial charge in [0.25, 0.3) is 0 Å². The zero-order valence-corrected chi connectivity index (χ0v) is 11.6. The highest BCUT2D eigenvalue weighted by Crippen LogP contribution is 2.38. The molecule has 0 spiro atoms. The molecular formula is C14H9BrF4O. The lowest BCUT2D eigenvalue weighted by Crippen LogP contribution is -2.06. The van der Waals surface area contributed by atoms with Gasteiger partial charge in [-0.1, -0.05) is 40.2 Å². The molecule has 106 valence electrons. The number of para-hydroxylation sites is 1. The molecule has 2 aromatic carbocycles. The third kappa shape index (κ3) is 3.30. The van der Waals surface area contributed by atoms with Gasteiger partial charge in [0.05, 0.1) is 4.83 Å². The van der Waals surface area contributed by atoms with Crippen molar-refractivity contribution >= 4 is 15.9 Å². The highest BCUT2D eigenvalue weighted by atomic mass is 79.9. The first-order valence-corrected chi connectivity index (χ1v) is 6.53. The van der Waals surface area contributed by atoms with Crippen molar-refractivity contribution in [3.8, 4) is 5.75 Å². The molecule has 1 atom stereocenters. The molecule has 0 aliphatic heterocycles. The van der Waals surface area contributed by atoms with E-state index >= 15 is 0 Å². The van der Waals surface area contributed by atoms with Crippen LogP contribution in [-0.2, 0) is 0 Å². The molecule has 0 saturated heterocycles. The summed E-state index contributed by atoms with van der Waals surface area (Å²) in [7, 11) is 0. The summed E-state index contributed by atoms with van der Waals surface area (Å²) in [5.74, 6) is -1.53. The Labute approximate surface area is 121 Å². The van der Waals surface area contributed by atoms with Crippen molar-refractivity contribution in [1.82, 2.24) is 0 Å². The topological polar surface area (TPSA) is 9.23 Å². The molecule has 0 aliphatic carbocycles. The normalized spacial score (nSPS) is 12.5. The molecule has 1 unspecified atom stereocenters. The van der Waals surface area contributed by atoms with E-state index in [1.807, 2.05) is 0 Å². The van der Waals surface area contributed by atoms with Gasteiger partial charge >= 0.3 is 6.61 Å². The maximum atomic E-state index is 13.7. The van der Waals surface area contributed by atoms with Gasteiger partial charge in [-0.2, -0.15) is 8.78 Å². The molecular weight excluding hydrogens is 340 g/mol. The molecule has 0 bridgehead atoms. The van der Waals surface area contributed by atoms with Crippen LogP contribution in [0.3, 0.4) is 0 Å². The number of halogens is 5. The van der Waals surface area contributed by atoms with Gasteiger partial charge in [-0.05, 0) is 12.1 Å². The summed E-state index contributed by atoms with van der Waals surface area (Å²) in [4.78, 5) is -0.724. The van der Waals surface area contributed by atoms with Crippen LogP contribution in [0.5, 0.6) is 5.75 Å². The molecule has 0 aliphatic rings. The number of hydrogen-bond acceptors (Lipinski definition) is 1. The number of rotatable bonds is 4. The Bertz CT molecular complexity index is 603. The quantitative estimate of drug-likeness (QED) is 0.554. The van der Waals surface area contributed by atoms with E-state index in [1.54, 1.807) is 6.07 Å². The van der Waals surface area contributed by atoms with Crippen LogP contribution in [0.15, 0.2) is 42.5 Å². The Hall–Kier alpha value is -1.56. The van der Waals surface area contributed by atoms with Crippen LogP contribution in [0.1, 0.15) is 16.0 Å². The van der Waals surface area contributed by atoms with Gasteiger partial charge < -0.3 is 4.74 Å². The first-order chi connectivity index (χ1) is 9.49. The second kappa shape index (κ2) is 6.26. The summed E-state index contributed by atoms with van der Waals surface area (Å²) in [5.41, 5.74) is 0.468. The van der Waals surface area contributed by atoms with Gasteiger partial charge in [0.1, 0.15) is 17.4 Å². The van der Waals surface area contributed by atoms with Crippen LogP contribution < -0.4 is 4.74 Å². The van der Waals surface area contributed by atoms with Crippen LogP contribution in [0, 0.1) is 11.6 Å². The SMILES string of the molecule is Fc1ccc(C(Br)c2ccccc2OC(F)F)c(F)c1. The number of alkyl halides is 3. The van der Waals surface area contributed by atoms with E-state index in [4.69, 9.17) is 0 Å². The Morgan fingerprint density at radius 3 is 2.30 bits per heavy atom. The monoisotopic (exact) mass is 348 g/mol. The van der Waals surface area contributed by atoms with Gasteiger partial charge in [0.2, 0.25) is 0 Å². The largest absolute Gasteiger partial charge is 0.434 e. The van der Waals surface area contributed by atoms with E-state index in [9.17, 15) is 17.6 Å². The van der Waals surface area contributed by atoms with E-state index in [-0.39, 0.29) is 11.3 Å². The minimum Gasteiger partial charge on any atom is -0.434 e. The lowest BCUT2D eigenvalue weighted by Gasteiger charge is -2.16. The van der Waals surface area contributed by atoms with Crippen LogP contribution in [0.25, 0.3) is 0 Å². The predicted molar refractivity (Wildman–Crippen MR) is 70.2 cm³/mol. The summed E-state index contributed by atoms with van der Waals surface area (Å²) in [6.07, 6.45) is 0. The highest BCUT2D eigenvalue weighted by Gasteiger charge is 2.20. The summed E-state index contributed by atoms with van der Waals surface area (Å²) < 4.78 is 55.7. The van der Waals surface area contributed by atoms with Crippen molar-refractivity contribution in [3.63, 3.8) is 0 Å². The molecule has 0 amide bonds. The molecule has 0 heterocycles. The van der Waals surface area contributed by atoms with Crippen LogP contribution >= 0.6 is 15.9 Å². The van der Waals surface area contributed by atoms with Crippen LogP contribution in [0.4, 0.5) is 17.6 Å². The average molecular weight is 349 g/mol. The van der Waals surface area contributed by atoms with E-state index < -0.39 is 23.1 Å². The van der Waals surface area contributed by atoms with Crippen molar-refractivity contribution in [2.45, 2.75) is 11.4 Å². The minimum atomic E-state index is -2.98. The predicted octanol–water partition coefficient (Wildman–Crippen LogP) is 5.05. The number of benzene rings is 2. The van der Waals surface area contributed by atoms with Gasteiger partial charge in [-0.3, -0.25) is 0 Å². The zero-order valence-electron chi connectivity index (χ0n) is 9.99. The molecule has 0 radical (unpaired) electrons. The zero-order chi connectivity index (χ0) is 14.7. The van der Waals surface area contributed by atoms with Crippen molar-refractivity contribution < 1.29 is 22.3 Å². The molecule has 6 heteroatoms. The van der Waals surface area contributed by atoms with Crippen molar-refractivity contribution in [1.29, 1.82) is 0 Å². The first-order valence-electron chi connectivity index (χ1n) is 5.62. The van der Waals surface area contributed by atoms with E-state index in [0.29, 0.717) is 5.56 Å². The van der Waals surface area contributed by atoms with Crippen molar-refractivity contribution in [2.75, 3.05) is 0 Å². The van der Waals surface area contributed by atoms with E-state index in [0.717, 1.165) is 12.1 Å². The molecule has 20 heavy (non-hydrogen) atoms. The van der Waals surface area contributed by atoms with Gasteiger partial charge in [-0.15, -0.1) is 0 Å². The lowest BCUT2D eigenvalue weighted by atomic mass is 10.0. The third-order valence-electron chi connectivity index (χ3n) is 2.64. The molecule has 0 fully saturated rings. The van der Waals surface area contributed by atoms with E-state index in [2.05, 4.69) is 20.7 Å². The maximum Gasteiger partial charge on any atom is 0.387 e. The van der Waals surface area contributed by atoms with Crippen LogP contribution in [-0.4, -0.2) is 6.61 Å². The second-order valence-corrected chi connectivity index (χ2v) is 4.86. The molecule has 0 saturated carbocycles. The van der Waals surface area contributed by atoms with Crippen molar-refractivity contribution in [3.05, 3.63) is 65.2 Å². The molecule has 0 aromatic heterocycles. The average Bonchev–Trinajstić information content (AvgIpc) is 2.38. The Balaban J connectivity index is 2.40. The Morgan fingerprint density at radius 1 is 0.950 bits per heavy atom. The minimum absolute atomic E-state index is 0.0619. The van der Waals surface area contributed by atoms with E-state index in [1.165, 1.54) is 24.3 Å². The fourth-order valence-electron chi connectivity index (χ4n) is 1.77. The third-order valence-corrected chi connectivity index (χ3v) is 3.63. The summed E-state index contributed by atoms with van der Waals surface area (Å²) >= 11 is 3.22. The standard InChI is InChI=1S/C14H9BrF4O/c15-13(9-6-5-8(16)7-11(9)17)10-3-1-2-4-12(10)20-14(18)19/h1-7,13-14H. The molecule has 1 nitrogen and oxygen atoms in total. The Morgan fingerprint density at radius 2 is 1.65 bits per heavy atom. The summed E-state index contributed by atoms with van der Waals surface area (Å²) in [5, 5.41) is 0. The fraction of sp³-hybridized carbons (Fsp3) is 0.143. The maximum absolute atomic E-state index is 13.7. The van der Waals surface area contributed by atoms with Crippen LogP contribution in [0.2, 0.25) is 0 Å². The Kier molecular flexibility index (Phi) is 4.65. The number of hydrogen-bond donors (Lipinski definition) is 0. The first kappa shape index (κ1) is 14.8. The molecule has 0 N–H and O–H groups in total. The second-order valence-electron chi connectivity index (χ2n) is 3.94. The molecule has 2 rings (SSSR count). The fourth-order valence-corrected chi connectivity index (χ4v) is 2.52.